The van der Waals surface area contributed by atoms with Gasteiger partial charge in [-0.25, -0.2) is 0 Å². The monoisotopic (exact) mass is 261 g/mol. The molecule has 5 nitrogen and oxygen atoms in total. The number of carbonyl (C=O) groups is 1. The van der Waals surface area contributed by atoms with Crippen molar-refractivity contribution in [2.45, 2.75) is 45.6 Å². The zero-order chi connectivity index (χ0) is 13.9. The molecule has 0 aromatic heterocycles. The van der Waals surface area contributed by atoms with Gasteiger partial charge < -0.3 is 19.9 Å². The van der Waals surface area contributed by atoms with Crippen LogP contribution >= 0.6 is 0 Å². The third kappa shape index (κ3) is 10.5. The van der Waals surface area contributed by atoms with E-state index < -0.39 is 0 Å². The van der Waals surface area contributed by atoms with Crippen molar-refractivity contribution in [2.75, 3.05) is 33.0 Å². The van der Waals surface area contributed by atoms with Crippen LogP contribution in [-0.2, 0) is 14.3 Å². The van der Waals surface area contributed by atoms with Crippen LogP contribution in [0.5, 0.6) is 0 Å². The highest BCUT2D eigenvalue weighted by molar-refractivity contribution is 5.75. The first-order chi connectivity index (χ1) is 8.52. The maximum Gasteiger partial charge on any atom is 0.220 e. The van der Waals surface area contributed by atoms with Crippen LogP contribution in [0.15, 0.2) is 0 Å². The number of aliphatic hydroxyl groups is 1. The van der Waals surface area contributed by atoms with E-state index in [0.717, 1.165) is 13.0 Å². The molecule has 0 saturated carbocycles. The summed E-state index contributed by atoms with van der Waals surface area (Å²) in [5.74, 6) is 0.00997. The van der Waals surface area contributed by atoms with Gasteiger partial charge >= 0.3 is 0 Å². The minimum absolute atomic E-state index is 0.00997. The highest BCUT2D eigenvalue weighted by atomic mass is 16.5. The van der Waals surface area contributed by atoms with Gasteiger partial charge in [0, 0.05) is 19.6 Å². The van der Waals surface area contributed by atoms with Crippen LogP contribution in [0.25, 0.3) is 0 Å². The number of amides is 1. The Bertz CT molecular complexity index is 219. The Morgan fingerprint density at radius 2 is 2.00 bits per heavy atom. The lowest BCUT2D eigenvalue weighted by atomic mass is 10.0. The fourth-order valence-electron chi connectivity index (χ4n) is 1.38. The van der Waals surface area contributed by atoms with Gasteiger partial charge in [0.25, 0.3) is 0 Å². The van der Waals surface area contributed by atoms with Gasteiger partial charge in [0.2, 0.25) is 5.91 Å². The molecule has 1 amide bonds. The molecule has 0 aliphatic heterocycles. The van der Waals surface area contributed by atoms with Gasteiger partial charge in [-0.1, -0.05) is 6.92 Å². The first kappa shape index (κ1) is 17.4. The van der Waals surface area contributed by atoms with Crippen molar-refractivity contribution in [1.29, 1.82) is 0 Å². The molecule has 0 fully saturated rings. The minimum atomic E-state index is -0.249. The molecule has 0 heterocycles. The van der Waals surface area contributed by atoms with Crippen LogP contribution in [-0.4, -0.2) is 49.6 Å². The standard InChI is InChI=1S/C13H27NO4/c1-4-9-18-13(2,3)6-5-12(16)14-7-10-17-11-8-15/h15H,4-11H2,1-3H3,(H,14,16). The molecule has 0 atom stereocenters. The summed E-state index contributed by atoms with van der Waals surface area (Å²) < 4.78 is 10.7. The fraction of sp³-hybridized carbons (Fsp3) is 0.923. The fourth-order valence-corrected chi connectivity index (χ4v) is 1.38. The number of hydrogen-bond acceptors (Lipinski definition) is 4. The van der Waals surface area contributed by atoms with E-state index in [-0.39, 0.29) is 18.1 Å². The second kappa shape index (κ2) is 10.3. The molecule has 0 aromatic rings. The Balaban J connectivity index is 3.56. The van der Waals surface area contributed by atoms with E-state index in [1.807, 2.05) is 13.8 Å². The molecule has 0 saturated heterocycles. The summed E-state index contributed by atoms with van der Waals surface area (Å²) >= 11 is 0. The van der Waals surface area contributed by atoms with Gasteiger partial charge in [-0.3, -0.25) is 4.79 Å². The quantitative estimate of drug-likeness (QED) is 0.546. The molecule has 5 heteroatoms. The Hall–Kier alpha value is -0.650. The van der Waals surface area contributed by atoms with Crippen LogP contribution in [0, 0.1) is 0 Å². The lowest BCUT2D eigenvalue weighted by Gasteiger charge is -2.24. The smallest absolute Gasteiger partial charge is 0.220 e. The van der Waals surface area contributed by atoms with E-state index in [1.54, 1.807) is 0 Å². The largest absolute Gasteiger partial charge is 0.394 e. The summed E-state index contributed by atoms with van der Waals surface area (Å²) in [6, 6.07) is 0. The number of nitrogens with one attached hydrogen (secondary N) is 1. The number of hydrogen-bond donors (Lipinski definition) is 2. The maximum atomic E-state index is 11.5. The highest BCUT2D eigenvalue weighted by Crippen LogP contribution is 2.16. The van der Waals surface area contributed by atoms with E-state index in [4.69, 9.17) is 14.6 Å². The molecule has 0 spiro atoms. The van der Waals surface area contributed by atoms with Crippen molar-refractivity contribution < 1.29 is 19.4 Å². The Labute approximate surface area is 110 Å². The SMILES string of the molecule is CCCOC(C)(C)CCC(=O)NCCOCCO. The number of carbonyl (C=O) groups excluding carboxylic acids is 1. The first-order valence-corrected chi connectivity index (χ1v) is 6.61. The number of aliphatic hydroxyl groups excluding tert-OH is 1. The molecule has 2 N–H and O–H groups in total. The summed E-state index contributed by atoms with van der Waals surface area (Å²) in [6.07, 6.45) is 2.14. The van der Waals surface area contributed by atoms with E-state index in [9.17, 15) is 4.79 Å². The van der Waals surface area contributed by atoms with E-state index in [1.165, 1.54) is 0 Å². The van der Waals surface area contributed by atoms with E-state index in [0.29, 0.717) is 32.6 Å². The second-order valence-corrected chi connectivity index (χ2v) is 4.79. The van der Waals surface area contributed by atoms with Crippen LogP contribution in [0.3, 0.4) is 0 Å². The molecular formula is C13H27NO4. The molecule has 18 heavy (non-hydrogen) atoms. The third-order valence-electron chi connectivity index (χ3n) is 2.46. The Morgan fingerprint density at radius 3 is 2.61 bits per heavy atom. The Morgan fingerprint density at radius 1 is 1.28 bits per heavy atom. The van der Waals surface area contributed by atoms with Crippen LogP contribution in [0.4, 0.5) is 0 Å². The highest BCUT2D eigenvalue weighted by Gasteiger charge is 2.19. The molecule has 0 unspecified atom stereocenters. The predicted molar refractivity (Wildman–Crippen MR) is 70.5 cm³/mol. The van der Waals surface area contributed by atoms with Gasteiger partial charge in [0.05, 0.1) is 25.4 Å². The molecule has 0 aliphatic carbocycles. The van der Waals surface area contributed by atoms with Crippen molar-refractivity contribution in [3.63, 3.8) is 0 Å². The van der Waals surface area contributed by atoms with Crippen molar-refractivity contribution >= 4 is 5.91 Å². The zero-order valence-corrected chi connectivity index (χ0v) is 11.8. The van der Waals surface area contributed by atoms with Crippen LogP contribution < -0.4 is 5.32 Å². The van der Waals surface area contributed by atoms with E-state index in [2.05, 4.69) is 12.2 Å². The first-order valence-electron chi connectivity index (χ1n) is 6.61. The molecule has 108 valence electrons. The van der Waals surface area contributed by atoms with Crippen LogP contribution in [0.1, 0.15) is 40.0 Å². The normalized spacial score (nSPS) is 11.6. The third-order valence-corrected chi connectivity index (χ3v) is 2.46. The van der Waals surface area contributed by atoms with Gasteiger partial charge in [0.1, 0.15) is 0 Å². The van der Waals surface area contributed by atoms with Crippen molar-refractivity contribution in [3.05, 3.63) is 0 Å². The number of rotatable bonds is 11. The predicted octanol–water partition coefficient (Wildman–Crippen LogP) is 1.10. The molecule has 0 bridgehead atoms. The van der Waals surface area contributed by atoms with Crippen molar-refractivity contribution in [2.24, 2.45) is 0 Å². The molecule has 0 radical (unpaired) electrons. The summed E-state index contributed by atoms with van der Waals surface area (Å²) in [6.45, 7) is 8.03. The summed E-state index contributed by atoms with van der Waals surface area (Å²) in [4.78, 5) is 11.5. The average Bonchev–Trinajstić information content (AvgIpc) is 2.34. The van der Waals surface area contributed by atoms with Gasteiger partial charge in [0.15, 0.2) is 0 Å². The van der Waals surface area contributed by atoms with Crippen molar-refractivity contribution in [1.82, 2.24) is 5.32 Å². The topological polar surface area (TPSA) is 67.8 Å². The summed E-state index contributed by atoms with van der Waals surface area (Å²) in [5.41, 5.74) is -0.249. The van der Waals surface area contributed by atoms with Gasteiger partial charge in [-0.15, -0.1) is 0 Å². The second-order valence-electron chi connectivity index (χ2n) is 4.79. The maximum absolute atomic E-state index is 11.5. The minimum Gasteiger partial charge on any atom is -0.394 e. The average molecular weight is 261 g/mol. The van der Waals surface area contributed by atoms with E-state index >= 15 is 0 Å². The Kier molecular flexibility index (Phi) is 9.92. The summed E-state index contributed by atoms with van der Waals surface area (Å²) in [5, 5.41) is 11.3. The lowest BCUT2D eigenvalue weighted by Crippen LogP contribution is -2.31. The van der Waals surface area contributed by atoms with Gasteiger partial charge in [-0.05, 0) is 26.7 Å². The molecule has 0 aliphatic rings. The lowest BCUT2D eigenvalue weighted by molar-refractivity contribution is -0.123. The zero-order valence-electron chi connectivity index (χ0n) is 11.8. The molecule has 0 rings (SSSR count). The molecular weight excluding hydrogens is 234 g/mol. The van der Waals surface area contributed by atoms with Crippen molar-refractivity contribution in [3.8, 4) is 0 Å². The van der Waals surface area contributed by atoms with Crippen LogP contribution in [0.2, 0.25) is 0 Å². The van der Waals surface area contributed by atoms with Gasteiger partial charge in [-0.2, -0.15) is 0 Å². The number of ether oxygens (including phenoxy) is 2. The molecule has 0 aromatic carbocycles. The summed E-state index contributed by atoms with van der Waals surface area (Å²) in [7, 11) is 0.